The molecule has 0 aromatic carbocycles. The van der Waals surface area contributed by atoms with Crippen LogP contribution in [0, 0.1) is 5.92 Å². The van der Waals surface area contributed by atoms with Gasteiger partial charge in [-0.2, -0.15) is 5.10 Å². The van der Waals surface area contributed by atoms with Gasteiger partial charge in [0.05, 0.1) is 18.8 Å². The normalized spacial score (nSPS) is 21.6. The van der Waals surface area contributed by atoms with Gasteiger partial charge in [-0.3, -0.25) is 14.3 Å². The smallest absolute Gasteiger partial charge is 0.272 e. The maximum atomic E-state index is 12.8. The Morgan fingerprint density at radius 3 is 2.78 bits per heavy atom. The molecular formula is C16H26N4O3. The van der Waals surface area contributed by atoms with Crippen molar-refractivity contribution < 1.29 is 14.3 Å². The van der Waals surface area contributed by atoms with Crippen LogP contribution >= 0.6 is 0 Å². The SMILES string of the molecule is CNC(=O)C1(C)CN(C(=O)c2cc(CC(C)C)nn2C)CCO1. The number of rotatable bonds is 4. The highest BCUT2D eigenvalue weighted by Gasteiger charge is 2.40. The molecule has 1 aromatic heterocycles. The molecule has 0 radical (unpaired) electrons. The van der Waals surface area contributed by atoms with E-state index < -0.39 is 5.60 Å². The summed E-state index contributed by atoms with van der Waals surface area (Å²) in [7, 11) is 3.34. The summed E-state index contributed by atoms with van der Waals surface area (Å²) in [5, 5.41) is 7.01. The van der Waals surface area contributed by atoms with E-state index in [1.807, 2.05) is 6.07 Å². The molecule has 1 aliphatic heterocycles. The van der Waals surface area contributed by atoms with Crippen LogP contribution in [-0.4, -0.2) is 58.8 Å². The molecular weight excluding hydrogens is 296 g/mol. The molecule has 2 heterocycles. The summed E-state index contributed by atoms with van der Waals surface area (Å²) in [6.45, 7) is 6.98. The van der Waals surface area contributed by atoms with Crippen molar-refractivity contribution in [3.8, 4) is 0 Å². The molecule has 2 rings (SSSR count). The fourth-order valence-corrected chi connectivity index (χ4v) is 2.85. The zero-order valence-electron chi connectivity index (χ0n) is 14.5. The fourth-order valence-electron chi connectivity index (χ4n) is 2.85. The van der Waals surface area contributed by atoms with Crippen LogP contribution in [0.25, 0.3) is 0 Å². The summed E-state index contributed by atoms with van der Waals surface area (Å²) in [6, 6.07) is 1.84. The first-order chi connectivity index (χ1) is 10.8. The van der Waals surface area contributed by atoms with Gasteiger partial charge in [0, 0.05) is 20.6 Å². The number of aromatic nitrogens is 2. The molecule has 2 amide bonds. The lowest BCUT2D eigenvalue weighted by Gasteiger charge is -2.38. The summed E-state index contributed by atoms with van der Waals surface area (Å²) in [4.78, 5) is 26.5. The molecule has 1 saturated heterocycles. The number of carbonyl (C=O) groups excluding carboxylic acids is 2. The van der Waals surface area contributed by atoms with Crippen LogP contribution in [0.1, 0.15) is 37.0 Å². The Kier molecular flexibility index (Phi) is 5.09. The molecule has 1 aliphatic rings. The number of aryl methyl sites for hydroxylation is 1. The summed E-state index contributed by atoms with van der Waals surface area (Å²) in [6.07, 6.45) is 0.834. The zero-order valence-corrected chi connectivity index (χ0v) is 14.5. The highest BCUT2D eigenvalue weighted by Crippen LogP contribution is 2.20. The van der Waals surface area contributed by atoms with Gasteiger partial charge >= 0.3 is 0 Å². The molecule has 128 valence electrons. The topological polar surface area (TPSA) is 76.5 Å². The van der Waals surface area contributed by atoms with Crippen molar-refractivity contribution in [2.75, 3.05) is 26.7 Å². The quantitative estimate of drug-likeness (QED) is 0.880. The largest absolute Gasteiger partial charge is 0.362 e. The van der Waals surface area contributed by atoms with Crippen LogP contribution in [0.4, 0.5) is 0 Å². The third kappa shape index (κ3) is 3.72. The van der Waals surface area contributed by atoms with Gasteiger partial charge in [-0.25, -0.2) is 0 Å². The van der Waals surface area contributed by atoms with Gasteiger partial charge in [-0.05, 0) is 25.3 Å². The summed E-state index contributed by atoms with van der Waals surface area (Å²) < 4.78 is 7.21. The number of morpholine rings is 1. The van der Waals surface area contributed by atoms with Crippen molar-refractivity contribution in [3.05, 3.63) is 17.5 Å². The second-order valence-corrected chi connectivity index (χ2v) is 6.63. The van der Waals surface area contributed by atoms with Crippen molar-refractivity contribution in [2.45, 2.75) is 32.8 Å². The fraction of sp³-hybridized carbons (Fsp3) is 0.688. The number of carbonyl (C=O) groups is 2. The van der Waals surface area contributed by atoms with Gasteiger partial charge in [0.25, 0.3) is 11.8 Å². The van der Waals surface area contributed by atoms with Crippen molar-refractivity contribution in [3.63, 3.8) is 0 Å². The second-order valence-electron chi connectivity index (χ2n) is 6.63. The maximum Gasteiger partial charge on any atom is 0.272 e. The van der Waals surface area contributed by atoms with Gasteiger partial charge < -0.3 is 15.0 Å². The first-order valence-electron chi connectivity index (χ1n) is 7.95. The van der Waals surface area contributed by atoms with Gasteiger partial charge in [-0.1, -0.05) is 13.8 Å². The zero-order chi connectivity index (χ0) is 17.2. The molecule has 1 atom stereocenters. The number of likely N-dealkylation sites (N-methyl/N-ethyl adjacent to an activating group) is 1. The Bertz CT molecular complexity index is 596. The van der Waals surface area contributed by atoms with Gasteiger partial charge in [0.15, 0.2) is 5.60 Å². The second kappa shape index (κ2) is 6.70. The molecule has 0 bridgehead atoms. The molecule has 1 unspecified atom stereocenters. The number of hydrogen-bond donors (Lipinski definition) is 1. The van der Waals surface area contributed by atoms with Gasteiger partial charge in [0.1, 0.15) is 5.69 Å². The van der Waals surface area contributed by atoms with Crippen LogP contribution in [0.5, 0.6) is 0 Å². The van der Waals surface area contributed by atoms with Crippen molar-refractivity contribution in [1.29, 1.82) is 0 Å². The Labute approximate surface area is 137 Å². The van der Waals surface area contributed by atoms with E-state index in [1.54, 1.807) is 30.6 Å². The minimum absolute atomic E-state index is 0.117. The van der Waals surface area contributed by atoms with E-state index in [-0.39, 0.29) is 18.4 Å². The minimum atomic E-state index is -1.01. The molecule has 7 nitrogen and oxygen atoms in total. The Morgan fingerprint density at radius 1 is 1.48 bits per heavy atom. The molecule has 0 saturated carbocycles. The number of nitrogens with one attached hydrogen (secondary N) is 1. The van der Waals surface area contributed by atoms with Crippen molar-refractivity contribution >= 4 is 11.8 Å². The van der Waals surface area contributed by atoms with Crippen LogP contribution in [0.2, 0.25) is 0 Å². The van der Waals surface area contributed by atoms with E-state index in [1.165, 1.54) is 0 Å². The molecule has 1 aromatic rings. The summed E-state index contributed by atoms with van der Waals surface area (Å²) in [5.41, 5.74) is 0.442. The van der Waals surface area contributed by atoms with E-state index in [2.05, 4.69) is 24.3 Å². The molecule has 0 aliphatic carbocycles. The lowest BCUT2D eigenvalue weighted by Crippen LogP contribution is -2.59. The van der Waals surface area contributed by atoms with Crippen molar-refractivity contribution in [1.82, 2.24) is 20.0 Å². The summed E-state index contributed by atoms with van der Waals surface area (Å²) in [5.74, 6) is 0.140. The molecule has 1 fully saturated rings. The summed E-state index contributed by atoms with van der Waals surface area (Å²) >= 11 is 0. The van der Waals surface area contributed by atoms with Crippen LogP contribution in [-0.2, 0) is 23.0 Å². The standard InChI is InChI=1S/C16H26N4O3/c1-11(2)8-12-9-13(19(5)18-12)14(21)20-6-7-23-16(3,10-20)15(22)17-4/h9,11H,6-8,10H2,1-5H3,(H,17,22). The first-order valence-corrected chi connectivity index (χ1v) is 7.95. The average Bonchev–Trinajstić information content (AvgIpc) is 2.85. The predicted molar refractivity (Wildman–Crippen MR) is 86.1 cm³/mol. The van der Waals surface area contributed by atoms with Crippen LogP contribution < -0.4 is 5.32 Å². The molecule has 7 heteroatoms. The Balaban J connectivity index is 2.17. The highest BCUT2D eigenvalue weighted by atomic mass is 16.5. The third-order valence-corrected chi connectivity index (χ3v) is 4.04. The van der Waals surface area contributed by atoms with E-state index in [9.17, 15) is 9.59 Å². The monoisotopic (exact) mass is 322 g/mol. The Hall–Kier alpha value is -1.89. The highest BCUT2D eigenvalue weighted by molar-refractivity contribution is 5.94. The lowest BCUT2D eigenvalue weighted by molar-refractivity contribution is -0.153. The number of amides is 2. The van der Waals surface area contributed by atoms with E-state index >= 15 is 0 Å². The number of ether oxygens (including phenoxy) is 1. The van der Waals surface area contributed by atoms with Gasteiger partial charge in [-0.15, -0.1) is 0 Å². The lowest BCUT2D eigenvalue weighted by atomic mass is 10.0. The van der Waals surface area contributed by atoms with E-state index in [0.717, 1.165) is 12.1 Å². The maximum absolute atomic E-state index is 12.8. The molecule has 0 spiro atoms. The van der Waals surface area contributed by atoms with Gasteiger partial charge in [0.2, 0.25) is 0 Å². The minimum Gasteiger partial charge on any atom is -0.362 e. The van der Waals surface area contributed by atoms with Crippen LogP contribution in [0.3, 0.4) is 0 Å². The average molecular weight is 322 g/mol. The molecule has 23 heavy (non-hydrogen) atoms. The van der Waals surface area contributed by atoms with Crippen molar-refractivity contribution in [2.24, 2.45) is 13.0 Å². The number of hydrogen-bond acceptors (Lipinski definition) is 4. The van der Waals surface area contributed by atoms with E-state index in [4.69, 9.17) is 4.74 Å². The molecule has 1 N–H and O–H groups in total. The Morgan fingerprint density at radius 2 is 2.17 bits per heavy atom. The van der Waals surface area contributed by atoms with E-state index in [0.29, 0.717) is 24.8 Å². The first kappa shape index (κ1) is 17.5. The third-order valence-electron chi connectivity index (χ3n) is 4.04. The van der Waals surface area contributed by atoms with Crippen LogP contribution in [0.15, 0.2) is 6.07 Å². The number of nitrogens with zero attached hydrogens (tertiary/aromatic N) is 3. The predicted octanol–water partition coefficient (Wildman–Crippen LogP) is 0.596.